The minimum Gasteiger partial charge on any atom is -0.378 e. The summed E-state index contributed by atoms with van der Waals surface area (Å²) in [5, 5.41) is 4.72. The van der Waals surface area contributed by atoms with E-state index >= 15 is 0 Å². The molecule has 0 radical (unpaired) electrons. The SMILES string of the molecule is Fc1ccc2c(c1)CCC2Nc1cccc2ncccc12. The van der Waals surface area contributed by atoms with Gasteiger partial charge in [0.2, 0.25) is 0 Å². The van der Waals surface area contributed by atoms with Gasteiger partial charge in [-0.25, -0.2) is 4.39 Å². The van der Waals surface area contributed by atoms with Gasteiger partial charge in [0.25, 0.3) is 0 Å². The van der Waals surface area contributed by atoms with E-state index < -0.39 is 0 Å². The summed E-state index contributed by atoms with van der Waals surface area (Å²) in [6, 6.07) is 15.5. The van der Waals surface area contributed by atoms with Crippen LogP contribution in [0.25, 0.3) is 10.9 Å². The average molecular weight is 278 g/mol. The number of fused-ring (bicyclic) bond motifs is 2. The second-order valence-electron chi connectivity index (χ2n) is 5.45. The molecule has 0 spiro atoms. The maximum absolute atomic E-state index is 13.3. The highest BCUT2D eigenvalue weighted by Crippen LogP contribution is 2.35. The van der Waals surface area contributed by atoms with Crippen molar-refractivity contribution in [3.63, 3.8) is 0 Å². The fraction of sp³-hybridized carbons (Fsp3) is 0.167. The smallest absolute Gasteiger partial charge is 0.123 e. The molecule has 1 unspecified atom stereocenters. The van der Waals surface area contributed by atoms with Crippen molar-refractivity contribution in [1.29, 1.82) is 0 Å². The minimum absolute atomic E-state index is 0.149. The number of aromatic nitrogens is 1. The van der Waals surface area contributed by atoms with Crippen LogP contribution in [0, 0.1) is 5.82 Å². The van der Waals surface area contributed by atoms with Crippen molar-refractivity contribution in [3.8, 4) is 0 Å². The summed E-state index contributed by atoms with van der Waals surface area (Å²) in [5.41, 5.74) is 4.39. The second-order valence-corrected chi connectivity index (χ2v) is 5.45. The Hall–Kier alpha value is -2.42. The molecule has 4 rings (SSSR count). The number of anilines is 1. The quantitative estimate of drug-likeness (QED) is 0.748. The molecule has 1 atom stereocenters. The normalized spacial score (nSPS) is 16.9. The molecule has 0 fully saturated rings. The van der Waals surface area contributed by atoms with Crippen molar-refractivity contribution < 1.29 is 4.39 Å². The van der Waals surface area contributed by atoms with Crippen LogP contribution in [0.15, 0.2) is 54.7 Å². The van der Waals surface area contributed by atoms with E-state index in [1.165, 1.54) is 5.56 Å². The molecule has 0 bridgehead atoms. The molecule has 0 amide bonds. The molecule has 1 aromatic heterocycles. The molecule has 21 heavy (non-hydrogen) atoms. The molecular formula is C18H15FN2. The summed E-state index contributed by atoms with van der Waals surface area (Å²) >= 11 is 0. The Kier molecular flexibility index (Phi) is 2.85. The molecule has 2 nitrogen and oxygen atoms in total. The monoisotopic (exact) mass is 278 g/mol. The van der Waals surface area contributed by atoms with Crippen LogP contribution in [0.4, 0.5) is 10.1 Å². The van der Waals surface area contributed by atoms with Crippen LogP contribution in [-0.4, -0.2) is 4.98 Å². The Morgan fingerprint density at radius 3 is 3.00 bits per heavy atom. The first-order chi connectivity index (χ1) is 10.3. The molecule has 1 aliphatic rings. The maximum Gasteiger partial charge on any atom is 0.123 e. The fourth-order valence-electron chi connectivity index (χ4n) is 3.15. The number of halogens is 1. The van der Waals surface area contributed by atoms with Crippen LogP contribution < -0.4 is 5.32 Å². The van der Waals surface area contributed by atoms with Crippen molar-refractivity contribution >= 4 is 16.6 Å². The predicted molar refractivity (Wildman–Crippen MR) is 82.8 cm³/mol. The van der Waals surface area contributed by atoms with Crippen LogP contribution in [0.2, 0.25) is 0 Å². The lowest BCUT2D eigenvalue weighted by Crippen LogP contribution is -2.07. The van der Waals surface area contributed by atoms with Gasteiger partial charge in [-0.3, -0.25) is 4.98 Å². The fourth-order valence-corrected chi connectivity index (χ4v) is 3.15. The van der Waals surface area contributed by atoms with Crippen LogP contribution in [0.1, 0.15) is 23.6 Å². The molecule has 0 aliphatic heterocycles. The number of hydrogen-bond acceptors (Lipinski definition) is 2. The van der Waals surface area contributed by atoms with E-state index in [0.29, 0.717) is 0 Å². The number of rotatable bonds is 2. The predicted octanol–water partition coefficient (Wildman–Crippen LogP) is 4.47. The van der Waals surface area contributed by atoms with E-state index in [0.717, 1.165) is 35.0 Å². The largest absolute Gasteiger partial charge is 0.378 e. The highest BCUT2D eigenvalue weighted by atomic mass is 19.1. The van der Waals surface area contributed by atoms with E-state index in [4.69, 9.17) is 0 Å². The average Bonchev–Trinajstić information content (AvgIpc) is 2.90. The lowest BCUT2D eigenvalue weighted by molar-refractivity contribution is 0.626. The molecule has 0 saturated carbocycles. The van der Waals surface area contributed by atoms with Gasteiger partial charge in [-0.05, 0) is 60.4 Å². The van der Waals surface area contributed by atoms with Gasteiger partial charge in [0.1, 0.15) is 5.82 Å². The van der Waals surface area contributed by atoms with Gasteiger partial charge in [-0.1, -0.05) is 12.1 Å². The second kappa shape index (κ2) is 4.85. The third kappa shape index (κ3) is 2.15. The van der Waals surface area contributed by atoms with Gasteiger partial charge in [0.15, 0.2) is 0 Å². The number of benzene rings is 2. The van der Waals surface area contributed by atoms with Crippen LogP contribution in [0.3, 0.4) is 0 Å². The van der Waals surface area contributed by atoms with Crippen molar-refractivity contribution in [3.05, 3.63) is 71.7 Å². The summed E-state index contributed by atoms with van der Waals surface area (Å²) in [5.74, 6) is -0.149. The van der Waals surface area contributed by atoms with Gasteiger partial charge in [-0.15, -0.1) is 0 Å². The lowest BCUT2D eigenvalue weighted by Gasteiger charge is -2.17. The number of nitrogens with zero attached hydrogens (tertiary/aromatic N) is 1. The molecule has 1 heterocycles. The zero-order valence-electron chi connectivity index (χ0n) is 11.5. The minimum atomic E-state index is -0.149. The maximum atomic E-state index is 13.3. The van der Waals surface area contributed by atoms with Gasteiger partial charge in [-0.2, -0.15) is 0 Å². The summed E-state index contributed by atoms with van der Waals surface area (Å²) in [6.45, 7) is 0. The summed E-state index contributed by atoms with van der Waals surface area (Å²) in [7, 11) is 0. The van der Waals surface area contributed by atoms with Crippen molar-refractivity contribution in [1.82, 2.24) is 4.98 Å². The van der Waals surface area contributed by atoms with Crippen molar-refractivity contribution in [2.24, 2.45) is 0 Å². The Morgan fingerprint density at radius 2 is 2.05 bits per heavy atom. The number of aryl methyl sites for hydroxylation is 1. The Labute approximate surface area is 122 Å². The van der Waals surface area contributed by atoms with Crippen molar-refractivity contribution in [2.75, 3.05) is 5.32 Å². The van der Waals surface area contributed by atoms with E-state index in [2.05, 4.69) is 22.4 Å². The van der Waals surface area contributed by atoms with Gasteiger partial charge >= 0.3 is 0 Å². The van der Waals surface area contributed by atoms with Gasteiger partial charge in [0.05, 0.1) is 11.6 Å². The van der Waals surface area contributed by atoms with Crippen molar-refractivity contribution in [2.45, 2.75) is 18.9 Å². The topological polar surface area (TPSA) is 24.9 Å². The molecule has 0 saturated heterocycles. The van der Waals surface area contributed by atoms with Gasteiger partial charge < -0.3 is 5.32 Å². The molecule has 1 aliphatic carbocycles. The molecule has 2 aromatic carbocycles. The van der Waals surface area contributed by atoms with Crippen LogP contribution in [0.5, 0.6) is 0 Å². The highest BCUT2D eigenvalue weighted by Gasteiger charge is 2.23. The summed E-state index contributed by atoms with van der Waals surface area (Å²) in [6.07, 6.45) is 3.73. The molecule has 3 aromatic rings. The van der Waals surface area contributed by atoms with E-state index in [9.17, 15) is 4.39 Å². The third-order valence-corrected chi connectivity index (χ3v) is 4.16. The number of nitrogens with one attached hydrogen (secondary N) is 1. The Bertz CT molecular complexity index is 808. The van der Waals surface area contributed by atoms with E-state index in [1.807, 2.05) is 24.3 Å². The molecule has 104 valence electrons. The first-order valence-electron chi connectivity index (χ1n) is 7.20. The van der Waals surface area contributed by atoms with Gasteiger partial charge in [0, 0.05) is 17.3 Å². The van der Waals surface area contributed by atoms with Crippen LogP contribution in [-0.2, 0) is 6.42 Å². The zero-order valence-corrected chi connectivity index (χ0v) is 11.5. The molecule has 1 N–H and O–H groups in total. The zero-order chi connectivity index (χ0) is 14.2. The van der Waals surface area contributed by atoms with E-state index in [-0.39, 0.29) is 11.9 Å². The summed E-state index contributed by atoms with van der Waals surface area (Å²) in [4.78, 5) is 4.38. The number of pyridine rings is 1. The lowest BCUT2D eigenvalue weighted by atomic mass is 10.1. The standard InChI is InChI=1S/C18H15FN2/c19-13-7-8-14-12(11-13)6-9-18(14)21-17-5-1-4-16-15(17)3-2-10-20-16/h1-5,7-8,10-11,18,21H,6,9H2. The highest BCUT2D eigenvalue weighted by molar-refractivity contribution is 5.91. The van der Waals surface area contributed by atoms with E-state index in [1.54, 1.807) is 18.3 Å². The third-order valence-electron chi connectivity index (χ3n) is 4.16. The Balaban J connectivity index is 1.71. The number of hydrogen-bond donors (Lipinski definition) is 1. The Morgan fingerprint density at radius 1 is 1.10 bits per heavy atom. The first-order valence-corrected chi connectivity index (χ1v) is 7.20. The molecular weight excluding hydrogens is 263 g/mol. The first kappa shape index (κ1) is 12.3. The van der Waals surface area contributed by atoms with Crippen LogP contribution >= 0.6 is 0 Å². The molecule has 3 heteroatoms. The summed E-state index contributed by atoms with van der Waals surface area (Å²) < 4.78 is 13.3.